The van der Waals surface area contributed by atoms with Crippen molar-refractivity contribution in [3.63, 3.8) is 0 Å². The summed E-state index contributed by atoms with van der Waals surface area (Å²) in [5.41, 5.74) is 0.943. The molecule has 1 aliphatic rings. The summed E-state index contributed by atoms with van der Waals surface area (Å²) in [7, 11) is 1.76. The number of aryl methyl sites for hydroxylation is 1. The maximum absolute atomic E-state index is 12.1. The molecule has 0 unspecified atom stereocenters. The third-order valence-electron chi connectivity index (χ3n) is 3.05. The van der Waals surface area contributed by atoms with Crippen molar-refractivity contribution >= 4 is 35.4 Å². The zero-order valence-electron chi connectivity index (χ0n) is 10.4. The van der Waals surface area contributed by atoms with Gasteiger partial charge in [0.05, 0.1) is 13.0 Å². The Hall–Kier alpha value is -1.21. The van der Waals surface area contributed by atoms with Gasteiger partial charge >= 0.3 is 0 Å². The van der Waals surface area contributed by atoms with Crippen LogP contribution in [0.5, 0.6) is 0 Å². The number of rotatable bonds is 2. The molecule has 0 aliphatic carbocycles. The van der Waals surface area contributed by atoms with Gasteiger partial charge in [-0.15, -0.1) is 11.3 Å². The summed E-state index contributed by atoms with van der Waals surface area (Å²) >= 11 is 6.47. The number of aromatic amines is 1. The zero-order chi connectivity index (χ0) is 13.3. The van der Waals surface area contributed by atoms with E-state index in [0.29, 0.717) is 23.5 Å². The molecule has 1 fully saturated rings. The zero-order valence-corrected chi connectivity index (χ0v) is 12.0. The Morgan fingerprint density at radius 1 is 1.50 bits per heavy atom. The Bertz CT molecular complexity index is 535. The van der Waals surface area contributed by atoms with Crippen LogP contribution in [0.3, 0.4) is 0 Å². The van der Waals surface area contributed by atoms with Gasteiger partial charge in [-0.25, -0.2) is 0 Å². The van der Waals surface area contributed by atoms with E-state index in [4.69, 9.17) is 12.2 Å². The highest BCUT2D eigenvalue weighted by Crippen LogP contribution is 2.16. The van der Waals surface area contributed by atoms with Crippen LogP contribution in [0.25, 0.3) is 0 Å². The predicted octanol–water partition coefficient (Wildman–Crippen LogP) is 0.957. The van der Waals surface area contributed by atoms with Crippen LogP contribution in [0, 0.1) is 10.9 Å². The molecule has 18 heavy (non-hydrogen) atoms. The predicted molar refractivity (Wildman–Crippen MR) is 72.2 cm³/mol. The first-order chi connectivity index (χ1) is 8.47. The van der Waals surface area contributed by atoms with E-state index in [0.717, 1.165) is 10.6 Å². The maximum atomic E-state index is 12.1. The van der Waals surface area contributed by atoms with Crippen molar-refractivity contribution in [3.8, 4) is 0 Å². The number of thiazole rings is 1. The minimum absolute atomic E-state index is 0.00646. The molecule has 0 bridgehead atoms. The fourth-order valence-corrected chi connectivity index (χ4v) is 3.11. The van der Waals surface area contributed by atoms with Crippen molar-refractivity contribution in [2.75, 3.05) is 26.7 Å². The molecule has 0 aromatic carbocycles. The van der Waals surface area contributed by atoms with Gasteiger partial charge in [0.15, 0.2) is 3.95 Å². The average Bonchev–Trinajstić information content (AvgIpc) is 2.61. The Labute approximate surface area is 114 Å². The van der Waals surface area contributed by atoms with Gasteiger partial charge in [-0.3, -0.25) is 9.59 Å². The van der Waals surface area contributed by atoms with Crippen LogP contribution in [0.4, 0.5) is 0 Å². The molecular formula is C11H15N3O2S2. The van der Waals surface area contributed by atoms with Gasteiger partial charge in [0, 0.05) is 30.7 Å². The average molecular weight is 285 g/mol. The lowest BCUT2D eigenvalue weighted by molar-refractivity contribution is -0.143. The molecule has 7 heteroatoms. The fourth-order valence-electron chi connectivity index (χ4n) is 1.83. The molecule has 0 radical (unpaired) electrons. The number of nitrogens with zero attached hydrogens (tertiary/aromatic N) is 2. The smallest absolute Gasteiger partial charge is 0.241 e. The quantitative estimate of drug-likeness (QED) is 0.823. The van der Waals surface area contributed by atoms with Crippen LogP contribution in [0.2, 0.25) is 0 Å². The molecule has 1 saturated heterocycles. The Balaban J connectivity index is 2.02. The van der Waals surface area contributed by atoms with Gasteiger partial charge in [-0.1, -0.05) is 0 Å². The second kappa shape index (κ2) is 5.19. The molecule has 5 nitrogen and oxygen atoms in total. The first kappa shape index (κ1) is 13.2. The highest BCUT2D eigenvalue weighted by atomic mass is 32.1. The van der Waals surface area contributed by atoms with Crippen LogP contribution in [-0.4, -0.2) is 53.3 Å². The maximum Gasteiger partial charge on any atom is 0.241 e. The summed E-state index contributed by atoms with van der Waals surface area (Å²) in [5, 5.41) is 0. The van der Waals surface area contributed by atoms with Crippen LogP contribution >= 0.6 is 23.6 Å². The Kier molecular flexibility index (Phi) is 3.82. The van der Waals surface area contributed by atoms with Crippen LogP contribution in [0.1, 0.15) is 10.6 Å². The summed E-state index contributed by atoms with van der Waals surface area (Å²) in [6.45, 7) is 3.30. The van der Waals surface area contributed by atoms with E-state index >= 15 is 0 Å². The summed E-state index contributed by atoms with van der Waals surface area (Å²) in [6.07, 6.45) is 0.320. The first-order valence-corrected chi connectivity index (χ1v) is 6.90. The molecule has 1 N–H and O–H groups in total. The number of aromatic nitrogens is 1. The van der Waals surface area contributed by atoms with E-state index in [-0.39, 0.29) is 18.4 Å². The molecule has 0 atom stereocenters. The van der Waals surface area contributed by atoms with E-state index < -0.39 is 0 Å². The van der Waals surface area contributed by atoms with Crippen molar-refractivity contribution in [2.24, 2.45) is 0 Å². The SMILES string of the molecule is Cc1[nH]c(=S)sc1CC(=O)N1CCN(C)C(=O)C1. The lowest BCUT2D eigenvalue weighted by Gasteiger charge is -2.31. The number of amides is 2. The van der Waals surface area contributed by atoms with Gasteiger partial charge in [0.2, 0.25) is 11.8 Å². The number of carbonyl (C=O) groups is 2. The molecule has 1 aromatic heterocycles. The molecule has 2 amide bonds. The fraction of sp³-hybridized carbons (Fsp3) is 0.545. The van der Waals surface area contributed by atoms with E-state index in [2.05, 4.69) is 4.98 Å². The minimum Gasteiger partial charge on any atom is -0.342 e. The second-order valence-corrected chi connectivity index (χ2v) is 6.14. The number of likely N-dealkylation sites (N-methyl/N-ethyl adjacent to an activating group) is 1. The normalized spacial score (nSPS) is 16.2. The molecule has 0 saturated carbocycles. The largest absolute Gasteiger partial charge is 0.342 e. The number of piperazine rings is 1. The van der Waals surface area contributed by atoms with Crippen LogP contribution in [-0.2, 0) is 16.0 Å². The van der Waals surface area contributed by atoms with Crippen molar-refractivity contribution in [2.45, 2.75) is 13.3 Å². The number of hydrogen-bond donors (Lipinski definition) is 1. The van der Waals surface area contributed by atoms with E-state index in [1.54, 1.807) is 16.8 Å². The van der Waals surface area contributed by atoms with Crippen molar-refractivity contribution in [1.29, 1.82) is 0 Å². The highest BCUT2D eigenvalue weighted by Gasteiger charge is 2.25. The molecule has 2 heterocycles. The third kappa shape index (κ3) is 2.78. The molecular weight excluding hydrogens is 270 g/mol. The van der Waals surface area contributed by atoms with Crippen molar-refractivity contribution < 1.29 is 9.59 Å². The number of hydrogen-bond acceptors (Lipinski definition) is 4. The molecule has 1 aromatic rings. The van der Waals surface area contributed by atoms with E-state index in [1.165, 1.54) is 11.3 Å². The summed E-state index contributed by atoms with van der Waals surface area (Å²) in [4.78, 5) is 30.9. The minimum atomic E-state index is -0.00944. The Morgan fingerprint density at radius 3 is 2.78 bits per heavy atom. The van der Waals surface area contributed by atoms with Gasteiger partial charge in [-0.2, -0.15) is 0 Å². The monoisotopic (exact) mass is 285 g/mol. The summed E-state index contributed by atoms with van der Waals surface area (Å²) in [5.74, 6) is -0.0159. The Morgan fingerprint density at radius 2 is 2.22 bits per heavy atom. The number of H-pyrrole nitrogens is 1. The second-order valence-electron chi connectivity index (χ2n) is 4.37. The number of carbonyl (C=O) groups excluding carboxylic acids is 2. The summed E-state index contributed by atoms with van der Waals surface area (Å²) < 4.78 is 0.685. The number of nitrogens with one attached hydrogen (secondary N) is 1. The summed E-state index contributed by atoms with van der Waals surface area (Å²) in [6, 6.07) is 0. The van der Waals surface area contributed by atoms with Gasteiger partial charge in [0.1, 0.15) is 0 Å². The molecule has 0 spiro atoms. The van der Waals surface area contributed by atoms with Gasteiger partial charge in [-0.05, 0) is 19.1 Å². The van der Waals surface area contributed by atoms with Crippen molar-refractivity contribution in [3.05, 3.63) is 14.5 Å². The highest BCUT2D eigenvalue weighted by molar-refractivity contribution is 7.73. The first-order valence-electron chi connectivity index (χ1n) is 5.67. The third-order valence-corrected chi connectivity index (χ3v) is 4.38. The molecule has 1 aliphatic heterocycles. The molecule has 98 valence electrons. The lowest BCUT2D eigenvalue weighted by atomic mass is 10.2. The van der Waals surface area contributed by atoms with Gasteiger partial charge < -0.3 is 14.8 Å². The van der Waals surface area contributed by atoms with Crippen LogP contribution < -0.4 is 0 Å². The van der Waals surface area contributed by atoms with Gasteiger partial charge in [0.25, 0.3) is 0 Å². The standard InChI is InChI=1S/C11H15N3O2S2/c1-7-8(18-11(17)12-7)5-9(15)14-4-3-13(2)10(16)6-14/h3-6H2,1-2H3,(H,12,17). The van der Waals surface area contributed by atoms with E-state index in [1.807, 2.05) is 6.92 Å². The van der Waals surface area contributed by atoms with Crippen LogP contribution in [0.15, 0.2) is 0 Å². The lowest BCUT2D eigenvalue weighted by Crippen LogP contribution is -2.51. The molecule has 2 rings (SSSR count). The van der Waals surface area contributed by atoms with Crippen molar-refractivity contribution in [1.82, 2.24) is 14.8 Å². The van der Waals surface area contributed by atoms with E-state index in [9.17, 15) is 9.59 Å². The topological polar surface area (TPSA) is 56.4 Å².